The molecule has 1 aliphatic rings. The second kappa shape index (κ2) is 7.36. The highest BCUT2D eigenvalue weighted by atomic mass is 35.5. The predicted octanol–water partition coefficient (Wildman–Crippen LogP) is 4.46. The summed E-state index contributed by atoms with van der Waals surface area (Å²) in [4.78, 5) is 26.3. The first kappa shape index (κ1) is 17.0. The van der Waals surface area contributed by atoms with Crippen molar-refractivity contribution in [2.24, 2.45) is 0 Å². The van der Waals surface area contributed by atoms with Crippen LogP contribution in [0.2, 0.25) is 5.02 Å². The molecular weight excluding hydrogens is 346 g/mol. The molecule has 3 rings (SSSR count). The van der Waals surface area contributed by atoms with E-state index in [1.54, 1.807) is 31.2 Å². The Morgan fingerprint density at radius 3 is 2.62 bits per heavy atom. The van der Waals surface area contributed by atoms with E-state index in [0.29, 0.717) is 15.6 Å². The van der Waals surface area contributed by atoms with E-state index >= 15 is 0 Å². The molecule has 0 fully saturated rings. The molecule has 0 saturated heterocycles. The quantitative estimate of drug-likeness (QED) is 0.815. The fourth-order valence-corrected chi connectivity index (χ4v) is 3.90. The lowest BCUT2D eigenvalue weighted by Gasteiger charge is -2.13. The molecule has 0 saturated carbocycles. The molecule has 0 unspecified atom stereocenters. The number of benzene rings is 1. The number of esters is 1. The van der Waals surface area contributed by atoms with E-state index in [2.05, 4.69) is 5.32 Å². The van der Waals surface area contributed by atoms with Crippen LogP contribution < -0.4 is 5.32 Å². The van der Waals surface area contributed by atoms with Crippen LogP contribution >= 0.6 is 22.9 Å². The summed E-state index contributed by atoms with van der Waals surface area (Å²) >= 11 is 7.29. The summed E-state index contributed by atoms with van der Waals surface area (Å²) in [7, 11) is 0. The van der Waals surface area contributed by atoms with Gasteiger partial charge in [-0.3, -0.25) is 4.79 Å². The number of ether oxygens (including phenoxy) is 1. The highest BCUT2D eigenvalue weighted by molar-refractivity contribution is 7.14. The molecule has 1 aliphatic carbocycles. The lowest BCUT2D eigenvalue weighted by molar-refractivity contribution is -0.123. The van der Waals surface area contributed by atoms with Gasteiger partial charge >= 0.3 is 5.97 Å². The van der Waals surface area contributed by atoms with Gasteiger partial charge in [0.25, 0.3) is 5.91 Å². The highest BCUT2D eigenvalue weighted by Crippen LogP contribution is 2.30. The molecule has 0 aliphatic heterocycles. The standard InChI is InChI=1S/C18H18ClNO3S/c1-11(17(21)20-14-8-6-13(19)7-9-14)23-18(22)16-10-12-4-2-3-5-15(12)24-16/h6-11H,2-5H2,1H3,(H,20,21)/t11-/m1/s1. The van der Waals surface area contributed by atoms with Crippen LogP contribution in [0.4, 0.5) is 5.69 Å². The van der Waals surface area contributed by atoms with Crippen molar-refractivity contribution >= 4 is 40.5 Å². The van der Waals surface area contributed by atoms with E-state index < -0.39 is 12.1 Å². The summed E-state index contributed by atoms with van der Waals surface area (Å²) in [5.41, 5.74) is 1.86. The topological polar surface area (TPSA) is 55.4 Å². The number of rotatable bonds is 4. The minimum Gasteiger partial charge on any atom is -0.448 e. The van der Waals surface area contributed by atoms with Crippen molar-refractivity contribution < 1.29 is 14.3 Å². The van der Waals surface area contributed by atoms with Gasteiger partial charge in [0.1, 0.15) is 4.88 Å². The Morgan fingerprint density at radius 2 is 1.92 bits per heavy atom. The average Bonchev–Trinajstić information content (AvgIpc) is 3.01. The van der Waals surface area contributed by atoms with Crippen LogP contribution in [-0.2, 0) is 22.4 Å². The predicted molar refractivity (Wildman–Crippen MR) is 95.9 cm³/mol. The maximum Gasteiger partial charge on any atom is 0.349 e. The molecule has 2 aromatic rings. The molecule has 1 aromatic carbocycles. The third kappa shape index (κ3) is 3.97. The van der Waals surface area contributed by atoms with Crippen molar-refractivity contribution in [3.8, 4) is 0 Å². The number of halogens is 1. The molecule has 6 heteroatoms. The summed E-state index contributed by atoms with van der Waals surface area (Å²) in [5, 5.41) is 3.30. The zero-order chi connectivity index (χ0) is 17.1. The second-order valence-electron chi connectivity index (χ2n) is 5.81. The number of anilines is 1. The van der Waals surface area contributed by atoms with Gasteiger partial charge in [-0.15, -0.1) is 11.3 Å². The van der Waals surface area contributed by atoms with E-state index in [9.17, 15) is 9.59 Å². The Bertz CT molecular complexity index is 731. The summed E-state index contributed by atoms with van der Waals surface area (Å²) in [6.07, 6.45) is 3.51. The molecule has 1 N–H and O–H groups in total. The zero-order valence-electron chi connectivity index (χ0n) is 13.3. The third-order valence-electron chi connectivity index (χ3n) is 3.96. The van der Waals surface area contributed by atoms with Crippen LogP contribution in [0, 0.1) is 0 Å². The number of aryl methyl sites for hydroxylation is 2. The van der Waals surface area contributed by atoms with E-state index in [4.69, 9.17) is 16.3 Å². The lowest BCUT2D eigenvalue weighted by Crippen LogP contribution is -2.29. The van der Waals surface area contributed by atoms with E-state index in [1.807, 2.05) is 6.07 Å². The minimum absolute atomic E-state index is 0.369. The Labute approximate surface area is 149 Å². The molecule has 1 heterocycles. The Balaban J connectivity index is 1.60. The number of amides is 1. The van der Waals surface area contributed by atoms with Crippen molar-refractivity contribution in [2.75, 3.05) is 5.32 Å². The number of fused-ring (bicyclic) bond motifs is 1. The Kier molecular flexibility index (Phi) is 5.21. The normalized spacial score (nSPS) is 14.6. The van der Waals surface area contributed by atoms with Crippen LogP contribution in [0.3, 0.4) is 0 Å². The van der Waals surface area contributed by atoms with Gasteiger partial charge in [-0.2, -0.15) is 0 Å². The smallest absolute Gasteiger partial charge is 0.349 e. The van der Waals surface area contributed by atoms with Crippen molar-refractivity contribution in [3.05, 3.63) is 50.7 Å². The Hall–Kier alpha value is -1.85. The summed E-state index contributed by atoms with van der Waals surface area (Å²) in [6.45, 7) is 1.57. The average molecular weight is 364 g/mol. The van der Waals surface area contributed by atoms with Crippen molar-refractivity contribution in [2.45, 2.75) is 38.7 Å². The van der Waals surface area contributed by atoms with Gasteiger partial charge < -0.3 is 10.1 Å². The molecule has 0 spiro atoms. The molecular formula is C18H18ClNO3S. The van der Waals surface area contributed by atoms with Crippen LogP contribution in [0.25, 0.3) is 0 Å². The van der Waals surface area contributed by atoms with Gasteiger partial charge in [0, 0.05) is 15.6 Å². The van der Waals surface area contributed by atoms with Gasteiger partial charge in [-0.05, 0) is 68.5 Å². The SMILES string of the molecule is C[C@@H](OC(=O)c1cc2c(s1)CCCC2)C(=O)Nc1ccc(Cl)cc1. The van der Waals surface area contributed by atoms with E-state index in [-0.39, 0.29) is 5.91 Å². The van der Waals surface area contributed by atoms with E-state index in [0.717, 1.165) is 19.3 Å². The number of hydrogen-bond donors (Lipinski definition) is 1. The summed E-state index contributed by atoms with van der Waals surface area (Å²) in [6, 6.07) is 8.67. The van der Waals surface area contributed by atoms with Crippen molar-refractivity contribution in [1.82, 2.24) is 0 Å². The van der Waals surface area contributed by atoms with Crippen molar-refractivity contribution in [1.29, 1.82) is 0 Å². The molecule has 126 valence electrons. The number of nitrogens with one attached hydrogen (secondary N) is 1. The van der Waals surface area contributed by atoms with Gasteiger partial charge in [-0.25, -0.2) is 4.79 Å². The monoisotopic (exact) mass is 363 g/mol. The number of carbonyl (C=O) groups is 2. The van der Waals surface area contributed by atoms with Crippen LogP contribution in [0.15, 0.2) is 30.3 Å². The largest absolute Gasteiger partial charge is 0.448 e. The van der Waals surface area contributed by atoms with E-state index in [1.165, 1.54) is 28.2 Å². The summed E-state index contributed by atoms with van der Waals surface area (Å²) < 4.78 is 5.31. The molecule has 4 nitrogen and oxygen atoms in total. The van der Waals surface area contributed by atoms with Gasteiger partial charge in [0.15, 0.2) is 6.10 Å². The number of thiophene rings is 1. The maximum absolute atomic E-state index is 12.3. The Morgan fingerprint density at radius 1 is 1.21 bits per heavy atom. The first-order valence-electron chi connectivity index (χ1n) is 7.92. The van der Waals surface area contributed by atoms with Crippen molar-refractivity contribution in [3.63, 3.8) is 0 Å². The third-order valence-corrected chi connectivity index (χ3v) is 5.43. The van der Waals surface area contributed by atoms with Gasteiger partial charge in [0.2, 0.25) is 0 Å². The molecule has 0 bridgehead atoms. The first-order chi connectivity index (χ1) is 11.5. The first-order valence-corrected chi connectivity index (χ1v) is 9.11. The molecule has 1 aromatic heterocycles. The number of carbonyl (C=O) groups excluding carboxylic acids is 2. The van der Waals surface area contributed by atoms with Crippen LogP contribution in [0.1, 0.15) is 39.9 Å². The van der Waals surface area contributed by atoms with Gasteiger partial charge in [-0.1, -0.05) is 11.6 Å². The minimum atomic E-state index is -0.868. The molecule has 24 heavy (non-hydrogen) atoms. The highest BCUT2D eigenvalue weighted by Gasteiger charge is 2.22. The molecule has 0 radical (unpaired) electrons. The second-order valence-corrected chi connectivity index (χ2v) is 7.38. The van der Waals surface area contributed by atoms with Crippen LogP contribution in [-0.4, -0.2) is 18.0 Å². The lowest BCUT2D eigenvalue weighted by atomic mass is 9.99. The molecule has 1 atom stereocenters. The fourth-order valence-electron chi connectivity index (χ4n) is 2.64. The maximum atomic E-state index is 12.3. The summed E-state index contributed by atoms with van der Waals surface area (Å²) in [5.74, 6) is -0.805. The number of hydrogen-bond acceptors (Lipinski definition) is 4. The zero-order valence-corrected chi connectivity index (χ0v) is 14.9. The molecule has 1 amide bonds. The van der Waals surface area contributed by atoms with Gasteiger partial charge in [0.05, 0.1) is 0 Å². The fraction of sp³-hybridized carbons (Fsp3) is 0.333. The van der Waals surface area contributed by atoms with Crippen LogP contribution in [0.5, 0.6) is 0 Å².